The Morgan fingerprint density at radius 1 is 1.28 bits per heavy atom. The summed E-state index contributed by atoms with van der Waals surface area (Å²) in [5.74, 6) is -0.348. The van der Waals surface area contributed by atoms with Crippen LogP contribution in [0.4, 0.5) is 16.4 Å². The molecule has 2 rings (SSSR count). The highest BCUT2D eigenvalue weighted by molar-refractivity contribution is 6.04. The Hall–Kier alpha value is -2.97. The van der Waals surface area contributed by atoms with E-state index in [1.807, 2.05) is 0 Å². The molecule has 1 aromatic heterocycles. The minimum atomic E-state index is -1.20. The molecule has 1 heterocycles. The molecule has 0 aliphatic carbocycles. The van der Waals surface area contributed by atoms with E-state index in [1.54, 1.807) is 6.07 Å². The molecule has 4 N–H and O–H groups in total. The largest absolute Gasteiger partial charge is 0.465 e. The Kier molecular flexibility index (Phi) is 3.14. The van der Waals surface area contributed by atoms with Crippen LogP contribution in [0.5, 0.6) is 0 Å². The number of aromatic nitrogens is 4. The van der Waals surface area contributed by atoms with Gasteiger partial charge in [0.25, 0.3) is 5.91 Å². The normalized spacial score (nSPS) is 9.78. The first-order valence-electron chi connectivity index (χ1n) is 4.80. The van der Waals surface area contributed by atoms with Crippen LogP contribution in [-0.4, -0.2) is 37.7 Å². The van der Waals surface area contributed by atoms with Gasteiger partial charge in [0, 0.05) is 11.3 Å². The predicted molar refractivity (Wildman–Crippen MR) is 60.2 cm³/mol. The van der Waals surface area contributed by atoms with Gasteiger partial charge in [-0.3, -0.25) is 15.4 Å². The number of anilines is 2. The minimum absolute atomic E-state index is 0.108. The van der Waals surface area contributed by atoms with Crippen LogP contribution in [0, 0.1) is 0 Å². The highest BCUT2D eigenvalue weighted by Gasteiger charge is 2.09. The van der Waals surface area contributed by atoms with Gasteiger partial charge in [0.1, 0.15) is 0 Å². The van der Waals surface area contributed by atoms with Crippen molar-refractivity contribution in [3.05, 3.63) is 29.8 Å². The zero-order valence-corrected chi connectivity index (χ0v) is 8.91. The molecule has 0 aliphatic heterocycles. The fourth-order valence-electron chi connectivity index (χ4n) is 1.25. The number of nitrogens with one attached hydrogen (secondary N) is 3. The SMILES string of the molecule is O=C(O)Nc1cccc(C(=O)Nc2nnn[nH]2)c1. The molecule has 0 aliphatic rings. The summed E-state index contributed by atoms with van der Waals surface area (Å²) in [5.41, 5.74) is 0.573. The number of nitrogens with zero attached hydrogens (tertiary/aromatic N) is 3. The van der Waals surface area contributed by atoms with Crippen LogP contribution in [0.15, 0.2) is 24.3 Å². The van der Waals surface area contributed by atoms with Gasteiger partial charge >= 0.3 is 6.09 Å². The molecule has 0 unspecified atom stereocenters. The van der Waals surface area contributed by atoms with Crippen molar-refractivity contribution in [1.29, 1.82) is 0 Å². The second-order valence-corrected chi connectivity index (χ2v) is 3.21. The zero-order valence-electron chi connectivity index (χ0n) is 8.91. The molecular weight excluding hydrogens is 240 g/mol. The molecule has 2 amide bonds. The molecule has 1 aromatic carbocycles. The molecule has 18 heavy (non-hydrogen) atoms. The van der Waals surface area contributed by atoms with Crippen molar-refractivity contribution in [2.75, 3.05) is 10.6 Å². The van der Waals surface area contributed by atoms with Crippen molar-refractivity contribution < 1.29 is 14.7 Å². The van der Waals surface area contributed by atoms with Gasteiger partial charge in [0.2, 0.25) is 5.95 Å². The fraction of sp³-hybridized carbons (Fsp3) is 0. The number of rotatable bonds is 3. The van der Waals surface area contributed by atoms with Crippen molar-refractivity contribution >= 4 is 23.6 Å². The first kappa shape index (κ1) is 11.5. The quantitative estimate of drug-likeness (QED) is 0.626. The Labute approximate surface area is 100 Å². The van der Waals surface area contributed by atoms with E-state index in [-0.39, 0.29) is 11.5 Å². The molecule has 92 valence electrons. The monoisotopic (exact) mass is 248 g/mol. The molecular formula is C9H8N6O3. The fourth-order valence-corrected chi connectivity index (χ4v) is 1.25. The number of tetrazole rings is 1. The highest BCUT2D eigenvalue weighted by atomic mass is 16.4. The highest BCUT2D eigenvalue weighted by Crippen LogP contribution is 2.11. The Balaban J connectivity index is 2.12. The minimum Gasteiger partial charge on any atom is -0.465 e. The lowest BCUT2D eigenvalue weighted by Gasteiger charge is -2.04. The summed E-state index contributed by atoms with van der Waals surface area (Å²) >= 11 is 0. The molecule has 0 fully saturated rings. The van der Waals surface area contributed by atoms with E-state index >= 15 is 0 Å². The lowest BCUT2D eigenvalue weighted by atomic mass is 10.2. The van der Waals surface area contributed by atoms with Crippen LogP contribution < -0.4 is 10.6 Å². The smallest absolute Gasteiger partial charge is 0.409 e. The maximum Gasteiger partial charge on any atom is 0.409 e. The summed E-state index contributed by atoms with van der Waals surface area (Å²) in [4.78, 5) is 22.2. The molecule has 0 saturated heterocycles. The van der Waals surface area contributed by atoms with Crippen LogP contribution in [-0.2, 0) is 0 Å². The van der Waals surface area contributed by atoms with Gasteiger partial charge in [-0.2, -0.15) is 0 Å². The predicted octanol–water partition coefficient (Wildman–Crippen LogP) is 0.542. The summed E-state index contributed by atoms with van der Waals surface area (Å²) in [7, 11) is 0. The number of amides is 2. The number of carboxylic acid groups (broad SMARTS) is 1. The topological polar surface area (TPSA) is 133 Å². The second-order valence-electron chi connectivity index (χ2n) is 3.21. The first-order chi connectivity index (χ1) is 8.65. The number of H-pyrrole nitrogens is 1. The van der Waals surface area contributed by atoms with Crippen LogP contribution in [0.3, 0.4) is 0 Å². The zero-order chi connectivity index (χ0) is 13.0. The number of aromatic amines is 1. The molecule has 9 heteroatoms. The Bertz CT molecular complexity index is 567. The maximum absolute atomic E-state index is 11.7. The summed E-state index contributed by atoms with van der Waals surface area (Å²) in [5, 5.41) is 25.6. The van der Waals surface area contributed by atoms with Crippen molar-refractivity contribution in [2.24, 2.45) is 0 Å². The lowest BCUT2D eigenvalue weighted by molar-refractivity contribution is 0.102. The summed E-state index contributed by atoms with van der Waals surface area (Å²) < 4.78 is 0. The van der Waals surface area contributed by atoms with E-state index in [0.29, 0.717) is 5.69 Å². The number of carbonyl (C=O) groups excluding carboxylic acids is 1. The van der Waals surface area contributed by atoms with Gasteiger partial charge < -0.3 is 5.11 Å². The van der Waals surface area contributed by atoms with E-state index in [1.165, 1.54) is 18.2 Å². The Morgan fingerprint density at radius 3 is 2.78 bits per heavy atom. The van der Waals surface area contributed by atoms with Gasteiger partial charge in [-0.25, -0.2) is 9.89 Å². The van der Waals surface area contributed by atoms with Gasteiger partial charge in [-0.15, -0.1) is 0 Å². The van der Waals surface area contributed by atoms with E-state index in [9.17, 15) is 9.59 Å². The number of hydrogen-bond acceptors (Lipinski definition) is 5. The summed E-state index contributed by atoms with van der Waals surface area (Å²) in [6.07, 6.45) is -1.20. The van der Waals surface area contributed by atoms with Crippen LogP contribution in [0.1, 0.15) is 10.4 Å². The van der Waals surface area contributed by atoms with Crippen molar-refractivity contribution in [1.82, 2.24) is 20.6 Å². The van der Waals surface area contributed by atoms with E-state index in [4.69, 9.17) is 5.11 Å². The van der Waals surface area contributed by atoms with E-state index in [0.717, 1.165) is 0 Å². The molecule has 0 radical (unpaired) electrons. The number of carbonyl (C=O) groups is 2. The maximum atomic E-state index is 11.7. The van der Waals surface area contributed by atoms with Crippen LogP contribution in [0.2, 0.25) is 0 Å². The molecule has 2 aromatic rings. The van der Waals surface area contributed by atoms with Crippen molar-refractivity contribution in [3.63, 3.8) is 0 Å². The van der Waals surface area contributed by atoms with Crippen LogP contribution >= 0.6 is 0 Å². The van der Waals surface area contributed by atoms with E-state index in [2.05, 4.69) is 31.3 Å². The number of benzene rings is 1. The summed E-state index contributed by atoms with van der Waals surface area (Å²) in [6, 6.07) is 6.01. The average molecular weight is 248 g/mol. The van der Waals surface area contributed by atoms with Crippen molar-refractivity contribution in [3.8, 4) is 0 Å². The molecule has 0 spiro atoms. The van der Waals surface area contributed by atoms with E-state index < -0.39 is 12.0 Å². The average Bonchev–Trinajstić information content (AvgIpc) is 2.81. The molecule has 9 nitrogen and oxygen atoms in total. The van der Waals surface area contributed by atoms with Crippen molar-refractivity contribution in [2.45, 2.75) is 0 Å². The standard InChI is InChI=1S/C9H8N6O3/c16-7(11-8-12-14-15-13-8)5-2-1-3-6(4-5)10-9(17)18/h1-4,10H,(H,17,18)(H2,11,12,13,14,15,16). The van der Waals surface area contributed by atoms with Crippen LogP contribution in [0.25, 0.3) is 0 Å². The third-order valence-electron chi connectivity index (χ3n) is 1.95. The third kappa shape index (κ3) is 2.78. The second kappa shape index (κ2) is 4.91. The molecule has 0 atom stereocenters. The van der Waals surface area contributed by atoms with Gasteiger partial charge in [-0.05, 0) is 28.6 Å². The van der Waals surface area contributed by atoms with Gasteiger partial charge in [-0.1, -0.05) is 11.2 Å². The summed E-state index contributed by atoms with van der Waals surface area (Å²) in [6.45, 7) is 0. The first-order valence-corrected chi connectivity index (χ1v) is 4.80. The lowest BCUT2D eigenvalue weighted by Crippen LogP contribution is -2.14. The molecule has 0 bridgehead atoms. The van der Waals surface area contributed by atoms with Gasteiger partial charge in [0.15, 0.2) is 0 Å². The van der Waals surface area contributed by atoms with Gasteiger partial charge in [0.05, 0.1) is 0 Å². The third-order valence-corrected chi connectivity index (χ3v) is 1.95. The number of hydrogen-bond donors (Lipinski definition) is 4. The molecule has 0 saturated carbocycles. The Morgan fingerprint density at radius 2 is 2.11 bits per heavy atom.